The number of halogens is 1. The zero-order valence-electron chi connectivity index (χ0n) is 9.21. The van der Waals surface area contributed by atoms with E-state index in [0.717, 1.165) is 15.7 Å². The first-order valence-electron chi connectivity index (χ1n) is 5.14. The molecule has 0 aliphatic carbocycles. The minimum atomic E-state index is 0.479. The van der Waals surface area contributed by atoms with Gasteiger partial charge in [-0.25, -0.2) is 0 Å². The second kappa shape index (κ2) is 3.93. The summed E-state index contributed by atoms with van der Waals surface area (Å²) in [5.74, 6) is 0.479. The van der Waals surface area contributed by atoms with Gasteiger partial charge in [-0.2, -0.15) is 0 Å². The molecule has 1 nitrogen and oxygen atoms in total. The topological polar surface area (TPSA) is 12.9 Å². The molecule has 0 N–H and O–H groups in total. The van der Waals surface area contributed by atoms with Gasteiger partial charge in [0.15, 0.2) is 0 Å². The lowest BCUT2D eigenvalue weighted by atomic mass is 10.0. The number of aromatic nitrogens is 1. The van der Waals surface area contributed by atoms with Crippen LogP contribution in [-0.2, 0) is 0 Å². The number of aryl methyl sites for hydroxylation is 1. The lowest BCUT2D eigenvalue weighted by molar-refractivity contribution is 0.828. The van der Waals surface area contributed by atoms with Crippen LogP contribution in [0.5, 0.6) is 0 Å². The highest BCUT2D eigenvalue weighted by Crippen LogP contribution is 2.24. The van der Waals surface area contributed by atoms with E-state index in [-0.39, 0.29) is 0 Å². The summed E-state index contributed by atoms with van der Waals surface area (Å²) in [7, 11) is 0. The van der Waals surface area contributed by atoms with E-state index in [1.54, 1.807) is 0 Å². The van der Waals surface area contributed by atoms with Gasteiger partial charge in [0.1, 0.15) is 0 Å². The quantitative estimate of drug-likeness (QED) is 0.742. The number of nitrogens with zero attached hydrogens (tertiary/aromatic N) is 1. The van der Waals surface area contributed by atoms with Crippen LogP contribution >= 0.6 is 15.9 Å². The number of rotatable bonds is 1. The van der Waals surface area contributed by atoms with Crippen molar-refractivity contribution in [1.29, 1.82) is 0 Å². The van der Waals surface area contributed by atoms with E-state index in [1.807, 2.05) is 0 Å². The molecule has 1 aromatic heterocycles. The highest BCUT2D eigenvalue weighted by atomic mass is 79.9. The van der Waals surface area contributed by atoms with Crippen molar-refractivity contribution in [3.8, 4) is 0 Å². The molecular weight excluding hydrogens is 250 g/mol. The Hall–Kier alpha value is -0.890. The van der Waals surface area contributed by atoms with Crippen molar-refractivity contribution in [3.05, 3.63) is 40.0 Å². The molecule has 0 saturated carbocycles. The summed E-state index contributed by atoms with van der Waals surface area (Å²) in [4.78, 5) is 4.67. The van der Waals surface area contributed by atoms with Crippen molar-refractivity contribution in [1.82, 2.24) is 4.98 Å². The molecular formula is C13H14BrN. The number of hydrogen-bond donors (Lipinski definition) is 0. The van der Waals surface area contributed by atoms with Crippen molar-refractivity contribution in [2.45, 2.75) is 26.7 Å². The summed E-state index contributed by atoms with van der Waals surface area (Å²) in [6, 6.07) is 8.44. The van der Waals surface area contributed by atoms with Gasteiger partial charge in [0.05, 0.1) is 5.52 Å². The first-order chi connectivity index (χ1) is 7.08. The molecule has 0 amide bonds. The molecule has 2 rings (SSSR count). The molecule has 0 aliphatic heterocycles. The molecule has 0 saturated heterocycles. The Morgan fingerprint density at radius 2 is 1.93 bits per heavy atom. The van der Waals surface area contributed by atoms with Gasteiger partial charge in [-0.3, -0.25) is 4.98 Å². The van der Waals surface area contributed by atoms with Crippen LogP contribution < -0.4 is 0 Å². The maximum atomic E-state index is 4.67. The lowest BCUT2D eigenvalue weighted by Crippen LogP contribution is -1.94. The Bertz CT molecular complexity index is 503. The highest BCUT2D eigenvalue weighted by molar-refractivity contribution is 9.10. The average Bonchev–Trinajstić information content (AvgIpc) is 2.16. The molecule has 78 valence electrons. The highest BCUT2D eigenvalue weighted by Gasteiger charge is 2.05. The third-order valence-corrected chi connectivity index (χ3v) is 3.08. The first-order valence-corrected chi connectivity index (χ1v) is 5.94. The molecule has 2 heteroatoms. The zero-order valence-corrected chi connectivity index (χ0v) is 10.8. The van der Waals surface area contributed by atoms with Crippen molar-refractivity contribution in [2.75, 3.05) is 0 Å². The Morgan fingerprint density at radius 1 is 1.20 bits per heavy atom. The minimum absolute atomic E-state index is 0.479. The largest absolute Gasteiger partial charge is 0.253 e. The number of pyridine rings is 1. The molecule has 1 aromatic carbocycles. The molecule has 1 heterocycles. The van der Waals surface area contributed by atoms with Gasteiger partial charge in [-0.05, 0) is 36.6 Å². The third-order valence-electron chi connectivity index (χ3n) is 2.59. The van der Waals surface area contributed by atoms with Crippen LogP contribution in [0.4, 0.5) is 0 Å². The van der Waals surface area contributed by atoms with E-state index >= 15 is 0 Å². The normalized spacial score (nSPS) is 11.3. The second-order valence-electron chi connectivity index (χ2n) is 4.18. The van der Waals surface area contributed by atoms with Crippen LogP contribution in [0.15, 0.2) is 28.7 Å². The Kier molecular flexibility index (Phi) is 2.79. The molecule has 2 aromatic rings. The number of hydrogen-bond acceptors (Lipinski definition) is 1. The van der Waals surface area contributed by atoms with Crippen LogP contribution in [0.1, 0.15) is 31.0 Å². The molecule has 15 heavy (non-hydrogen) atoms. The molecule has 0 bridgehead atoms. The molecule has 0 atom stereocenters. The van der Waals surface area contributed by atoms with Crippen LogP contribution in [0.3, 0.4) is 0 Å². The van der Waals surface area contributed by atoms with Crippen LogP contribution in [0.2, 0.25) is 0 Å². The smallest absolute Gasteiger partial charge is 0.0719 e. The second-order valence-corrected chi connectivity index (χ2v) is 5.10. The van der Waals surface area contributed by atoms with Crippen LogP contribution in [0, 0.1) is 6.92 Å². The van der Waals surface area contributed by atoms with Gasteiger partial charge in [-0.1, -0.05) is 35.8 Å². The predicted octanol–water partition coefficient (Wildman–Crippen LogP) is 4.43. The van der Waals surface area contributed by atoms with E-state index < -0.39 is 0 Å². The summed E-state index contributed by atoms with van der Waals surface area (Å²) >= 11 is 3.48. The molecule has 0 aliphatic rings. The fourth-order valence-corrected chi connectivity index (χ4v) is 2.05. The maximum absolute atomic E-state index is 4.67. The van der Waals surface area contributed by atoms with E-state index in [0.29, 0.717) is 5.92 Å². The fraction of sp³-hybridized carbons (Fsp3) is 0.308. The third kappa shape index (κ3) is 2.05. The van der Waals surface area contributed by atoms with Gasteiger partial charge >= 0.3 is 0 Å². The molecule has 0 unspecified atom stereocenters. The Labute approximate surface area is 98.7 Å². The summed E-state index contributed by atoms with van der Waals surface area (Å²) in [5.41, 5.74) is 3.54. The minimum Gasteiger partial charge on any atom is -0.253 e. The summed E-state index contributed by atoms with van der Waals surface area (Å²) in [6.07, 6.45) is 0. The fourth-order valence-electron chi connectivity index (χ4n) is 1.70. The Morgan fingerprint density at radius 3 is 2.60 bits per heavy atom. The number of benzene rings is 1. The van der Waals surface area contributed by atoms with E-state index in [9.17, 15) is 0 Å². The molecule has 0 spiro atoms. The van der Waals surface area contributed by atoms with Gasteiger partial charge in [0.25, 0.3) is 0 Å². The standard InChI is InChI=1S/C13H14BrN/c1-8(2)12-6-9(3)11-5-4-10(14)7-13(11)15-12/h4-8H,1-3H3. The maximum Gasteiger partial charge on any atom is 0.0719 e. The van der Waals surface area contributed by atoms with Crippen LogP contribution in [-0.4, -0.2) is 4.98 Å². The van der Waals surface area contributed by atoms with E-state index in [1.165, 1.54) is 10.9 Å². The van der Waals surface area contributed by atoms with Gasteiger partial charge in [0, 0.05) is 15.6 Å². The van der Waals surface area contributed by atoms with Crippen molar-refractivity contribution in [3.63, 3.8) is 0 Å². The summed E-state index contributed by atoms with van der Waals surface area (Å²) in [6.45, 7) is 6.49. The van der Waals surface area contributed by atoms with Crippen molar-refractivity contribution in [2.24, 2.45) is 0 Å². The summed E-state index contributed by atoms with van der Waals surface area (Å²) < 4.78 is 1.09. The Balaban J connectivity index is 2.74. The first kappa shape index (κ1) is 10.6. The van der Waals surface area contributed by atoms with Crippen molar-refractivity contribution >= 4 is 26.8 Å². The average molecular weight is 264 g/mol. The van der Waals surface area contributed by atoms with Gasteiger partial charge in [0.2, 0.25) is 0 Å². The van der Waals surface area contributed by atoms with E-state index in [4.69, 9.17) is 0 Å². The summed E-state index contributed by atoms with van der Waals surface area (Å²) in [5, 5.41) is 1.24. The van der Waals surface area contributed by atoms with Gasteiger partial charge < -0.3 is 0 Å². The zero-order chi connectivity index (χ0) is 11.0. The SMILES string of the molecule is Cc1cc(C(C)C)nc2cc(Br)ccc12. The van der Waals surface area contributed by atoms with E-state index in [2.05, 4.69) is 66.0 Å². The monoisotopic (exact) mass is 263 g/mol. The van der Waals surface area contributed by atoms with Gasteiger partial charge in [-0.15, -0.1) is 0 Å². The lowest BCUT2D eigenvalue weighted by Gasteiger charge is -2.09. The van der Waals surface area contributed by atoms with Crippen LogP contribution in [0.25, 0.3) is 10.9 Å². The van der Waals surface area contributed by atoms with Crippen molar-refractivity contribution < 1.29 is 0 Å². The number of fused-ring (bicyclic) bond motifs is 1. The molecule has 0 fully saturated rings. The predicted molar refractivity (Wildman–Crippen MR) is 68.3 cm³/mol. The molecule has 0 radical (unpaired) electrons.